The van der Waals surface area contributed by atoms with E-state index in [1.807, 2.05) is 6.92 Å². The van der Waals surface area contributed by atoms with Crippen molar-refractivity contribution in [2.24, 2.45) is 11.3 Å². The molecule has 1 atom stereocenters. The van der Waals surface area contributed by atoms with E-state index in [0.717, 1.165) is 0 Å². The van der Waals surface area contributed by atoms with Gasteiger partial charge in [0.25, 0.3) is 0 Å². The molecule has 0 amide bonds. The van der Waals surface area contributed by atoms with Gasteiger partial charge in [0.1, 0.15) is 0 Å². The lowest BCUT2D eigenvalue weighted by molar-refractivity contribution is 0.0316. The first kappa shape index (κ1) is 8.96. The smallest absolute Gasteiger partial charge is 0.0565 e. The predicted octanol–water partition coefficient (Wildman–Crippen LogP) is 2.05. The first-order valence-electron chi connectivity index (χ1n) is 3.57. The fourth-order valence-electron chi connectivity index (χ4n) is 0.482. The first-order valence-corrected chi connectivity index (χ1v) is 3.57. The molecule has 0 spiro atoms. The highest BCUT2D eigenvalue weighted by molar-refractivity contribution is 4.77. The molecule has 0 aliphatic heterocycles. The van der Waals surface area contributed by atoms with Gasteiger partial charge in [-0.1, -0.05) is 27.7 Å². The molecular formula is C8H18O. The summed E-state index contributed by atoms with van der Waals surface area (Å²) in [4.78, 5) is 0. The van der Waals surface area contributed by atoms with Gasteiger partial charge in [-0.2, -0.15) is 0 Å². The van der Waals surface area contributed by atoms with Crippen LogP contribution >= 0.6 is 0 Å². The molecule has 0 aliphatic carbocycles. The largest absolute Gasteiger partial charge is 0.393 e. The van der Waals surface area contributed by atoms with Gasteiger partial charge in [0, 0.05) is 0 Å². The van der Waals surface area contributed by atoms with E-state index >= 15 is 0 Å². The summed E-state index contributed by atoms with van der Waals surface area (Å²) in [6.07, 6.45) is -0.211. The van der Waals surface area contributed by atoms with Crippen LogP contribution in [0.25, 0.3) is 0 Å². The van der Waals surface area contributed by atoms with E-state index in [1.54, 1.807) is 0 Å². The van der Waals surface area contributed by atoms with Gasteiger partial charge in [0.15, 0.2) is 0 Å². The Bertz CT molecular complexity index is 72.6. The van der Waals surface area contributed by atoms with E-state index < -0.39 is 0 Å². The Balaban J connectivity index is 4.01. The molecule has 0 radical (unpaired) electrons. The maximum absolute atomic E-state index is 9.25. The summed E-state index contributed by atoms with van der Waals surface area (Å²) in [5.41, 5.74) is 0.0556. The van der Waals surface area contributed by atoms with Crippen LogP contribution in [0.3, 0.4) is 0 Å². The van der Waals surface area contributed by atoms with Gasteiger partial charge in [0.2, 0.25) is 0 Å². The fourth-order valence-corrected chi connectivity index (χ4v) is 0.482. The van der Waals surface area contributed by atoms with Crippen molar-refractivity contribution in [1.82, 2.24) is 0 Å². The second-order valence-corrected chi connectivity index (χ2v) is 3.65. The van der Waals surface area contributed by atoms with Gasteiger partial charge < -0.3 is 5.11 Å². The van der Waals surface area contributed by atoms with Crippen molar-refractivity contribution >= 4 is 0 Å². The molecule has 0 saturated heterocycles. The molecule has 0 unspecified atom stereocenters. The summed E-state index contributed by atoms with van der Waals surface area (Å²) in [5, 5.41) is 9.25. The second kappa shape index (κ2) is 2.70. The molecule has 0 aromatic carbocycles. The van der Waals surface area contributed by atoms with E-state index in [2.05, 4.69) is 27.7 Å². The van der Waals surface area contributed by atoms with Gasteiger partial charge in [0.05, 0.1) is 6.10 Å². The van der Waals surface area contributed by atoms with Gasteiger partial charge in [-0.3, -0.25) is 0 Å². The Hall–Kier alpha value is -0.0400. The molecule has 1 N–H and O–H groups in total. The minimum absolute atomic E-state index is 0.0556. The van der Waals surface area contributed by atoms with Gasteiger partial charge in [-0.05, 0) is 18.3 Å². The Labute approximate surface area is 58.1 Å². The fraction of sp³-hybridized carbons (Fsp3) is 1.00. The lowest BCUT2D eigenvalue weighted by Crippen LogP contribution is -2.31. The zero-order valence-electron chi connectivity index (χ0n) is 7.10. The van der Waals surface area contributed by atoms with Crippen LogP contribution in [0.4, 0.5) is 0 Å². The Morgan fingerprint density at radius 3 is 1.44 bits per heavy atom. The number of hydrogen-bond donors (Lipinski definition) is 1. The third-order valence-electron chi connectivity index (χ3n) is 2.56. The lowest BCUT2D eigenvalue weighted by atomic mass is 9.77. The summed E-state index contributed by atoms with van der Waals surface area (Å²) in [6.45, 7) is 10.3. The normalized spacial score (nSPS) is 16.3. The van der Waals surface area contributed by atoms with E-state index in [-0.39, 0.29) is 11.5 Å². The summed E-state index contributed by atoms with van der Waals surface area (Å²) in [7, 11) is 0. The van der Waals surface area contributed by atoms with Crippen LogP contribution in [-0.4, -0.2) is 11.2 Å². The summed E-state index contributed by atoms with van der Waals surface area (Å²) in [5.74, 6) is 0.539. The van der Waals surface area contributed by atoms with Crippen LogP contribution < -0.4 is 0 Å². The average Bonchev–Trinajstić information content (AvgIpc) is 1.65. The predicted molar refractivity (Wildman–Crippen MR) is 40.3 cm³/mol. The molecule has 1 heteroatoms. The number of rotatable bonds is 2. The van der Waals surface area contributed by atoms with Crippen LogP contribution in [0.15, 0.2) is 0 Å². The minimum Gasteiger partial charge on any atom is -0.393 e. The molecule has 0 aliphatic rings. The van der Waals surface area contributed by atoms with Gasteiger partial charge in [-0.15, -0.1) is 0 Å². The number of hydrogen-bond acceptors (Lipinski definition) is 1. The molecule has 0 rings (SSSR count). The van der Waals surface area contributed by atoms with Crippen molar-refractivity contribution in [3.8, 4) is 0 Å². The van der Waals surface area contributed by atoms with E-state index in [1.165, 1.54) is 0 Å². The third kappa shape index (κ3) is 1.98. The standard InChI is InChI=1S/C8H18O/c1-6(2)8(4,5)7(3)9/h6-7,9H,1-5H3/t7-/m1/s1. The van der Waals surface area contributed by atoms with E-state index in [4.69, 9.17) is 0 Å². The summed E-state index contributed by atoms with van der Waals surface area (Å²) >= 11 is 0. The topological polar surface area (TPSA) is 20.2 Å². The van der Waals surface area contributed by atoms with Crippen LogP contribution in [0, 0.1) is 11.3 Å². The minimum atomic E-state index is -0.211. The van der Waals surface area contributed by atoms with Crippen LogP contribution in [-0.2, 0) is 0 Å². The Kier molecular flexibility index (Phi) is 2.68. The van der Waals surface area contributed by atoms with Crippen LogP contribution in [0.2, 0.25) is 0 Å². The van der Waals surface area contributed by atoms with Crippen molar-refractivity contribution in [3.05, 3.63) is 0 Å². The highest BCUT2D eigenvalue weighted by Crippen LogP contribution is 2.29. The lowest BCUT2D eigenvalue weighted by Gasteiger charge is -2.32. The van der Waals surface area contributed by atoms with Crippen molar-refractivity contribution in [2.45, 2.75) is 40.7 Å². The maximum atomic E-state index is 9.25. The Morgan fingerprint density at radius 1 is 1.11 bits per heavy atom. The summed E-state index contributed by atoms with van der Waals surface area (Å²) < 4.78 is 0. The SMILES string of the molecule is CC(C)C(C)(C)[C@@H](C)O. The van der Waals surface area contributed by atoms with E-state index in [9.17, 15) is 5.11 Å². The monoisotopic (exact) mass is 130 g/mol. The van der Waals surface area contributed by atoms with Crippen molar-refractivity contribution in [2.75, 3.05) is 0 Å². The highest BCUT2D eigenvalue weighted by atomic mass is 16.3. The number of aliphatic hydroxyl groups is 1. The molecule has 0 bridgehead atoms. The molecule has 9 heavy (non-hydrogen) atoms. The van der Waals surface area contributed by atoms with Crippen molar-refractivity contribution in [3.63, 3.8) is 0 Å². The zero-order valence-corrected chi connectivity index (χ0v) is 7.10. The average molecular weight is 130 g/mol. The molecule has 0 fully saturated rings. The Morgan fingerprint density at radius 2 is 1.44 bits per heavy atom. The molecule has 0 heterocycles. The molecule has 0 aromatic rings. The quantitative estimate of drug-likeness (QED) is 0.606. The van der Waals surface area contributed by atoms with Crippen LogP contribution in [0.5, 0.6) is 0 Å². The number of aliphatic hydroxyl groups excluding tert-OH is 1. The van der Waals surface area contributed by atoms with Gasteiger partial charge in [-0.25, -0.2) is 0 Å². The highest BCUT2D eigenvalue weighted by Gasteiger charge is 2.27. The van der Waals surface area contributed by atoms with E-state index in [0.29, 0.717) is 5.92 Å². The van der Waals surface area contributed by atoms with Crippen molar-refractivity contribution in [1.29, 1.82) is 0 Å². The zero-order chi connectivity index (χ0) is 7.65. The van der Waals surface area contributed by atoms with Crippen molar-refractivity contribution < 1.29 is 5.11 Å². The van der Waals surface area contributed by atoms with Gasteiger partial charge >= 0.3 is 0 Å². The first-order chi connectivity index (χ1) is 3.89. The third-order valence-corrected chi connectivity index (χ3v) is 2.56. The molecular weight excluding hydrogens is 112 g/mol. The second-order valence-electron chi connectivity index (χ2n) is 3.65. The molecule has 0 saturated carbocycles. The molecule has 56 valence electrons. The molecule has 1 nitrogen and oxygen atoms in total. The van der Waals surface area contributed by atoms with Crippen LogP contribution in [0.1, 0.15) is 34.6 Å². The summed E-state index contributed by atoms with van der Waals surface area (Å²) in [6, 6.07) is 0. The molecule has 0 aromatic heterocycles. The maximum Gasteiger partial charge on any atom is 0.0565 e.